The van der Waals surface area contributed by atoms with E-state index in [0.29, 0.717) is 24.5 Å². The zero-order valence-electron chi connectivity index (χ0n) is 20.0. The Bertz CT molecular complexity index is 1020. The summed E-state index contributed by atoms with van der Waals surface area (Å²) < 4.78 is 19.8. The van der Waals surface area contributed by atoms with Crippen molar-refractivity contribution >= 4 is 5.91 Å². The van der Waals surface area contributed by atoms with Crippen molar-refractivity contribution < 1.29 is 13.9 Å². The second-order valence-electron chi connectivity index (χ2n) is 10.9. The Hall–Kier alpha value is -2.24. The number of nitrogens with one attached hydrogen (secondary N) is 2. The summed E-state index contributed by atoms with van der Waals surface area (Å²) in [6.45, 7) is 9.18. The van der Waals surface area contributed by atoms with E-state index in [1.54, 1.807) is 6.92 Å². The number of rotatable bonds is 3. The van der Waals surface area contributed by atoms with Gasteiger partial charge in [0.25, 0.3) is 0 Å². The highest BCUT2D eigenvalue weighted by molar-refractivity contribution is 5.74. The topological polar surface area (TPSA) is 50.4 Å². The van der Waals surface area contributed by atoms with Gasteiger partial charge in [0, 0.05) is 31.0 Å². The van der Waals surface area contributed by atoms with E-state index in [2.05, 4.69) is 55.7 Å². The molecule has 0 spiro atoms. The lowest BCUT2D eigenvalue weighted by Gasteiger charge is -2.63. The van der Waals surface area contributed by atoms with Gasteiger partial charge >= 0.3 is 0 Å². The van der Waals surface area contributed by atoms with Crippen LogP contribution in [0.25, 0.3) is 11.1 Å². The first-order chi connectivity index (χ1) is 15.7. The number of hydrogen-bond acceptors (Lipinski definition) is 3. The van der Waals surface area contributed by atoms with E-state index in [0.717, 1.165) is 36.0 Å². The van der Waals surface area contributed by atoms with Crippen molar-refractivity contribution in [2.45, 2.75) is 70.2 Å². The Morgan fingerprint density at radius 1 is 1.03 bits per heavy atom. The first-order valence-corrected chi connectivity index (χ1v) is 12.2. The molecule has 4 nitrogen and oxygen atoms in total. The summed E-state index contributed by atoms with van der Waals surface area (Å²) in [6, 6.07) is 15.4. The summed E-state index contributed by atoms with van der Waals surface area (Å²) in [5.41, 5.74) is 3.01. The zero-order chi connectivity index (χ0) is 23.4. The van der Waals surface area contributed by atoms with Crippen LogP contribution in [0, 0.1) is 23.6 Å². The standard InChI is InChI=1S/C28H35FN2O2/c1-17-24-15-22(27(3,4)30-17)16-25-26(33-14-13-28(24,25)31-18(2)32)21-7-5-19(6-8-21)20-9-11-23(29)12-10-20/h5-12,17,22,24-26,30H,13-16H2,1-4H3,(H,31,32)/t17-,22-,24+,25+,26+,28+/m1/s1. The van der Waals surface area contributed by atoms with Gasteiger partial charge in [0.15, 0.2) is 0 Å². The number of piperidine rings is 1. The fourth-order valence-corrected chi connectivity index (χ4v) is 7.10. The van der Waals surface area contributed by atoms with Crippen LogP contribution in [0.5, 0.6) is 0 Å². The molecule has 2 heterocycles. The minimum absolute atomic E-state index is 0.0443. The molecule has 5 heteroatoms. The van der Waals surface area contributed by atoms with Gasteiger partial charge in [-0.15, -0.1) is 0 Å². The average molecular weight is 451 g/mol. The van der Waals surface area contributed by atoms with E-state index in [9.17, 15) is 9.18 Å². The van der Waals surface area contributed by atoms with Gasteiger partial charge in [0.1, 0.15) is 5.82 Å². The molecule has 33 heavy (non-hydrogen) atoms. The van der Waals surface area contributed by atoms with Crippen LogP contribution >= 0.6 is 0 Å². The smallest absolute Gasteiger partial charge is 0.217 e. The highest BCUT2D eigenvalue weighted by Crippen LogP contribution is 2.56. The molecule has 3 aliphatic rings. The van der Waals surface area contributed by atoms with Gasteiger partial charge in [-0.2, -0.15) is 0 Å². The van der Waals surface area contributed by atoms with Crippen LogP contribution in [-0.2, 0) is 9.53 Å². The van der Waals surface area contributed by atoms with Crippen LogP contribution in [0.1, 0.15) is 58.6 Å². The molecule has 5 rings (SSSR count). The molecule has 1 amide bonds. The number of carbonyl (C=O) groups excluding carboxylic acids is 1. The first kappa shape index (κ1) is 22.5. The van der Waals surface area contributed by atoms with Gasteiger partial charge in [-0.05, 0) is 80.7 Å². The maximum atomic E-state index is 13.3. The molecular weight excluding hydrogens is 415 g/mol. The summed E-state index contributed by atoms with van der Waals surface area (Å²) in [6.07, 6.45) is 2.95. The second kappa shape index (κ2) is 8.21. The van der Waals surface area contributed by atoms with E-state index >= 15 is 0 Å². The number of hydrogen-bond donors (Lipinski definition) is 2. The van der Waals surface area contributed by atoms with Crippen LogP contribution in [0.15, 0.2) is 48.5 Å². The van der Waals surface area contributed by atoms with Crippen molar-refractivity contribution in [2.24, 2.45) is 17.8 Å². The van der Waals surface area contributed by atoms with Gasteiger partial charge in [0.05, 0.1) is 11.6 Å². The Balaban J connectivity index is 1.50. The molecule has 1 aliphatic carbocycles. The number of amides is 1. The molecule has 0 unspecified atom stereocenters. The molecule has 0 radical (unpaired) electrons. The van der Waals surface area contributed by atoms with Crippen LogP contribution < -0.4 is 10.6 Å². The molecule has 3 fully saturated rings. The van der Waals surface area contributed by atoms with Crippen LogP contribution in [0.3, 0.4) is 0 Å². The molecule has 6 atom stereocenters. The predicted molar refractivity (Wildman–Crippen MR) is 128 cm³/mol. The first-order valence-electron chi connectivity index (χ1n) is 12.2. The minimum atomic E-state index is -0.260. The van der Waals surface area contributed by atoms with Crippen LogP contribution in [0.4, 0.5) is 4.39 Å². The van der Waals surface area contributed by atoms with Crippen LogP contribution in [-0.4, -0.2) is 29.6 Å². The molecule has 1 saturated carbocycles. The summed E-state index contributed by atoms with van der Waals surface area (Å²) >= 11 is 0. The average Bonchev–Trinajstić information content (AvgIpc) is 2.77. The van der Waals surface area contributed by atoms with Crippen molar-refractivity contribution in [1.29, 1.82) is 0 Å². The van der Waals surface area contributed by atoms with Crippen LogP contribution in [0.2, 0.25) is 0 Å². The summed E-state index contributed by atoms with van der Waals surface area (Å²) in [5, 5.41) is 7.31. The van der Waals surface area contributed by atoms with Crippen molar-refractivity contribution in [1.82, 2.24) is 10.6 Å². The Morgan fingerprint density at radius 3 is 2.27 bits per heavy atom. The van der Waals surface area contributed by atoms with Gasteiger partial charge < -0.3 is 15.4 Å². The number of halogens is 1. The third kappa shape index (κ3) is 3.89. The molecule has 2 aromatic carbocycles. The van der Waals surface area contributed by atoms with Crippen molar-refractivity contribution in [3.8, 4) is 11.1 Å². The molecule has 2 bridgehead atoms. The summed E-state index contributed by atoms with van der Waals surface area (Å²) in [4.78, 5) is 12.4. The number of fused-ring (bicyclic) bond motifs is 4. The summed E-state index contributed by atoms with van der Waals surface area (Å²) in [5.74, 6) is 0.952. The lowest BCUT2D eigenvalue weighted by atomic mass is 9.52. The van der Waals surface area contributed by atoms with Gasteiger partial charge in [-0.1, -0.05) is 36.4 Å². The molecule has 2 aromatic rings. The maximum absolute atomic E-state index is 13.3. The number of carbonyl (C=O) groups is 1. The van der Waals surface area contributed by atoms with Crippen molar-refractivity contribution in [2.75, 3.05) is 6.61 Å². The second-order valence-corrected chi connectivity index (χ2v) is 10.9. The monoisotopic (exact) mass is 450 g/mol. The zero-order valence-corrected chi connectivity index (χ0v) is 20.0. The number of benzene rings is 2. The Kier molecular flexibility index (Phi) is 5.61. The minimum Gasteiger partial charge on any atom is -0.373 e. The number of ether oxygens (including phenoxy) is 1. The highest BCUT2D eigenvalue weighted by Gasteiger charge is 2.60. The van der Waals surface area contributed by atoms with Gasteiger partial charge in [-0.25, -0.2) is 4.39 Å². The predicted octanol–water partition coefficient (Wildman–Crippen LogP) is 5.24. The van der Waals surface area contributed by atoms with Crippen molar-refractivity contribution in [3.05, 3.63) is 59.9 Å². The Labute approximate surface area is 196 Å². The van der Waals surface area contributed by atoms with E-state index in [-0.39, 0.29) is 34.8 Å². The third-order valence-corrected chi connectivity index (χ3v) is 8.63. The van der Waals surface area contributed by atoms with Gasteiger partial charge in [0.2, 0.25) is 5.91 Å². The molecule has 0 aromatic heterocycles. The van der Waals surface area contributed by atoms with Gasteiger partial charge in [-0.3, -0.25) is 4.79 Å². The third-order valence-electron chi connectivity index (χ3n) is 8.63. The summed E-state index contributed by atoms with van der Waals surface area (Å²) in [7, 11) is 0. The molecule has 2 saturated heterocycles. The largest absolute Gasteiger partial charge is 0.373 e. The Morgan fingerprint density at radius 2 is 1.64 bits per heavy atom. The molecule has 2 N–H and O–H groups in total. The lowest BCUT2D eigenvalue weighted by Crippen LogP contribution is -2.73. The molecular formula is C28H35FN2O2. The van der Waals surface area contributed by atoms with E-state index in [1.807, 2.05) is 12.1 Å². The quantitative estimate of drug-likeness (QED) is 0.672. The SMILES string of the molecule is CC(=O)N[C@]12CCO[C@@H](c3ccc(-c4ccc(F)cc4)cc3)[C@@H]1C[C@H]1C[C@H]2[C@@H](C)NC1(C)C. The highest BCUT2D eigenvalue weighted by atomic mass is 19.1. The molecule has 2 aliphatic heterocycles. The fraction of sp³-hybridized carbons (Fsp3) is 0.536. The lowest BCUT2D eigenvalue weighted by molar-refractivity contribution is -0.160. The molecule has 176 valence electrons. The fourth-order valence-electron chi connectivity index (χ4n) is 7.10. The van der Waals surface area contributed by atoms with E-state index in [1.165, 1.54) is 12.1 Å². The normalized spacial score (nSPS) is 34.9. The van der Waals surface area contributed by atoms with E-state index in [4.69, 9.17) is 4.74 Å². The maximum Gasteiger partial charge on any atom is 0.217 e. The van der Waals surface area contributed by atoms with E-state index < -0.39 is 0 Å². The van der Waals surface area contributed by atoms with Crippen molar-refractivity contribution in [3.63, 3.8) is 0 Å².